The first-order valence-corrected chi connectivity index (χ1v) is 11.1. The summed E-state index contributed by atoms with van der Waals surface area (Å²) >= 11 is 0. The van der Waals surface area contributed by atoms with Gasteiger partial charge in [0.05, 0.1) is 31.2 Å². The number of carbonyl (C=O) groups excluding carboxylic acids is 1. The number of fused-ring (bicyclic) bond motifs is 1. The lowest BCUT2D eigenvalue weighted by Gasteiger charge is -2.35. The van der Waals surface area contributed by atoms with Crippen molar-refractivity contribution in [1.82, 2.24) is 14.9 Å². The number of ether oxygens (including phenoxy) is 2. The number of anilines is 2. The molecule has 0 aliphatic carbocycles. The minimum atomic E-state index is -0.00381. The van der Waals surface area contributed by atoms with Crippen LogP contribution in [0.4, 0.5) is 11.4 Å². The predicted molar refractivity (Wildman–Crippen MR) is 126 cm³/mol. The van der Waals surface area contributed by atoms with E-state index in [4.69, 9.17) is 9.47 Å². The van der Waals surface area contributed by atoms with Crippen LogP contribution in [-0.2, 0) is 0 Å². The van der Waals surface area contributed by atoms with Gasteiger partial charge in [0, 0.05) is 35.9 Å². The fourth-order valence-corrected chi connectivity index (χ4v) is 4.36. The summed E-state index contributed by atoms with van der Waals surface area (Å²) < 4.78 is 11.0. The highest BCUT2D eigenvalue weighted by Crippen LogP contribution is 2.36. The molecule has 3 heterocycles. The lowest BCUT2D eigenvalue weighted by molar-refractivity contribution is 0.0609. The van der Waals surface area contributed by atoms with E-state index in [1.54, 1.807) is 20.4 Å². The molecule has 7 nitrogen and oxygen atoms in total. The zero-order chi connectivity index (χ0) is 22.7. The second-order valence-corrected chi connectivity index (χ2v) is 8.12. The molecule has 0 spiro atoms. The van der Waals surface area contributed by atoms with E-state index < -0.39 is 0 Å². The number of hydrogen-bond acceptors (Lipinski definition) is 6. The lowest BCUT2D eigenvalue weighted by atomic mass is 9.98. The van der Waals surface area contributed by atoms with Crippen LogP contribution >= 0.6 is 0 Å². The third-order valence-electron chi connectivity index (χ3n) is 6.12. The zero-order valence-corrected chi connectivity index (χ0v) is 19.1. The fourth-order valence-electron chi connectivity index (χ4n) is 4.36. The number of aryl methyl sites for hydroxylation is 1. The Balaban J connectivity index is 1.85. The Labute approximate surface area is 188 Å². The summed E-state index contributed by atoms with van der Waals surface area (Å²) in [6.07, 6.45) is 5.81. The van der Waals surface area contributed by atoms with E-state index in [-0.39, 0.29) is 11.9 Å². The molecule has 32 heavy (non-hydrogen) atoms. The number of rotatable bonds is 6. The minimum Gasteiger partial charge on any atom is -0.497 e. The third kappa shape index (κ3) is 4.20. The first-order valence-electron chi connectivity index (χ1n) is 11.1. The van der Waals surface area contributed by atoms with E-state index in [1.807, 2.05) is 42.2 Å². The Morgan fingerprint density at radius 3 is 2.78 bits per heavy atom. The molecule has 0 bridgehead atoms. The molecule has 2 aromatic heterocycles. The molecule has 0 saturated carbocycles. The van der Waals surface area contributed by atoms with Gasteiger partial charge in [-0.05, 0) is 56.9 Å². The molecule has 1 aliphatic rings. The topological polar surface area (TPSA) is 76.6 Å². The quantitative estimate of drug-likeness (QED) is 0.581. The monoisotopic (exact) mass is 434 g/mol. The van der Waals surface area contributed by atoms with Crippen LogP contribution in [0.3, 0.4) is 0 Å². The van der Waals surface area contributed by atoms with Gasteiger partial charge >= 0.3 is 0 Å². The maximum Gasteiger partial charge on any atom is 0.257 e. The first-order chi connectivity index (χ1) is 15.5. The van der Waals surface area contributed by atoms with E-state index in [0.717, 1.165) is 43.3 Å². The Hall–Kier alpha value is -3.35. The number of aromatic nitrogens is 2. The van der Waals surface area contributed by atoms with Crippen molar-refractivity contribution in [3.63, 3.8) is 0 Å². The summed E-state index contributed by atoms with van der Waals surface area (Å²) in [5, 5.41) is 4.24. The van der Waals surface area contributed by atoms with E-state index >= 15 is 0 Å². The van der Waals surface area contributed by atoms with Gasteiger partial charge in [0.1, 0.15) is 11.5 Å². The number of benzene rings is 1. The number of pyridine rings is 2. The highest BCUT2D eigenvalue weighted by atomic mass is 16.5. The van der Waals surface area contributed by atoms with Gasteiger partial charge in [-0.15, -0.1) is 0 Å². The van der Waals surface area contributed by atoms with Crippen LogP contribution in [0.1, 0.15) is 48.7 Å². The smallest absolute Gasteiger partial charge is 0.257 e. The van der Waals surface area contributed by atoms with Crippen molar-refractivity contribution in [2.24, 2.45) is 0 Å². The van der Waals surface area contributed by atoms with Crippen LogP contribution in [0, 0.1) is 6.92 Å². The van der Waals surface area contributed by atoms with Crippen LogP contribution in [-0.4, -0.2) is 47.6 Å². The average Bonchev–Trinajstić information content (AvgIpc) is 2.83. The van der Waals surface area contributed by atoms with Crippen molar-refractivity contribution in [2.45, 2.75) is 45.6 Å². The van der Waals surface area contributed by atoms with E-state index in [1.165, 1.54) is 0 Å². The maximum absolute atomic E-state index is 13.7. The third-order valence-corrected chi connectivity index (χ3v) is 6.12. The summed E-state index contributed by atoms with van der Waals surface area (Å²) in [4.78, 5) is 24.8. The number of nitrogens with zero attached hydrogens (tertiary/aromatic N) is 3. The largest absolute Gasteiger partial charge is 0.497 e. The Morgan fingerprint density at radius 2 is 2.03 bits per heavy atom. The normalized spacial score (nSPS) is 16.1. The molecule has 1 atom stereocenters. The maximum atomic E-state index is 13.7. The van der Waals surface area contributed by atoms with Crippen molar-refractivity contribution in [3.8, 4) is 11.5 Å². The van der Waals surface area contributed by atoms with Crippen molar-refractivity contribution in [2.75, 3.05) is 26.1 Å². The van der Waals surface area contributed by atoms with Gasteiger partial charge in [-0.1, -0.05) is 6.92 Å². The van der Waals surface area contributed by atoms with E-state index in [0.29, 0.717) is 34.1 Å². The minimum absolute atomic E-state index is 0.00381. The van der Waals surface area contributed by atoms with Gasteiger partial charge in [0.25, 0.3) is 5.91 Å². The number of methoxy groups -OCH3 is 2. The second kappa shape index (κ2) is 9.42. The van der Waals surface area contributed by atoms with Gasteiger partial charge in [0.2, 0.25) is 0 Å². The Bertz CT molecular complexity index is 1130. The first kappa shape index (κ1) is 21.9. The number of hydrogen-bond donors (Lipinski definition) is 1. The molecule has 1 aromatic carbocycles. The molecule has 0 unspecified atom stereocenters. The highest BCUT2D eigenvalue weighted by Gasteiger charge is 2.29. The lowest BCUT2D eigenvalue weighted by Crippen LogP contribution is -2.43. The highest BCUT2D eigenvalue weighted by molar-refractivity contribution is 6.07. The molecule has 3 aromatic rings. The summed E-state index contributed by atoms with van der Waals surface area (Å²) in [6, 6.07) is 9.68. The predicted octanol–water partition coefficient (Wildman–Crippen LogP) is 5.10. The molecule has 1 N–H and O–H groups in total. The van der Waals surface area contributed by atoms with E-state index in [2.05, 4.69) is 22.2 Å². The molecular formula is C25H30N4O3. The number of nitrogens with one attached hydrogen (secondary N) is 1. The molecule has 1 amide bonds. The summed E-state index contributed by atoms with van der Waals surface area (Å²) in [5.41, 5.74) is 3.39. The zero-order valence-electron chi connectivity index (χ0n) is 19.1. The average molecular weight is 435 g/mol. The molecule has 4 rings (SSSR count). The van der Waals surface area contributed by atoms with Crippen LogP contribution in [0.5, 0.6) is 11.5 Å². The molecular weight excluding hydrogens is 404 g/mol. The van der Waals surface area contributed by atoms with Gasteiger partial charge in [-0.2, -0.15) is 0 Å². The molecule has 1 aliphatic heterocycles. The van der Waals surface area contributed by atoms with Crippen molar-refractivity contribution >= 4 is 28.3 Å². The van der Waals surface area contributed by atoms with Crippen LogP contribution < -0.4 is 14.8 Å². The Morgan fingerprint density at radius 1 is 1.19 bits per heavy atom. The second-order valence-electron chi connectivity index (χ2n) is 8.12. The molecule has 1 fully saturated rings. The molecule has 1 saturated heterocycles. The van der Waals surface area contributed by atoms with Gasteiger partial charge < -0.3 is 19.7 Å². The van der Waals surface area contributed by atoms with Crippen molar-refractivity contribution in [3.05, 3.63) is 47.8 Å². The number of amides is 1. The molecule has 7 heteroatoms. The van der Waals surface area contributed by atoms with Crippen molar-refractivity contribution in [1.29, 1.82) is 0 Å². The van der Waals surface area contributed by atoms with Crippen molar-refractivity contribution < 1.29 is 14.3 Å². The van der Waals surface area contributed by atoms with Gasteiger partial charge in [0.15, 0.2) is 5.65 Å². The summed E-state index contributed by atoms with van der Waals surface area (Å²) in [6.45, 7) is 4.84. The standard InChI is InChI=1S/C25H30N4O3/c1-5-17-8-6-7-13-29(17)25(30)20-15-26-24-19(11-9-16(2)27-24)23(20)28-21-14-18(31-3)10-12-22(21)32-4/h9-12,14-15,17H,5-8,13H2,1-4H3,(H,26,27,28)/t17-/m1/s1. The molecule has 168 valence electrons. The van der Waals surface area contributed by atoms with Gasteiger partial charge in [-0.25, -0.2) is 9.97 Å². The van der Waals surface area contributed by atoms with Crippen LogP contribution in [0.2, 0.25) is 0 Å². The van der Waals surface area contributed by atoms with E-state index in [9.17, 15) is 4.79 Å². The van der Waals surface area contributed by atoms with Crippen LogP contribution in [0.15, 0.2) is 36.5 Å². The number of piperidine rings is 1. The number of carbonyl (C=O) groups is 1. The fraction of sp³-hybridized carbons (Fsp3) is 0.400. The molecule has 0 radical (unpaired) electrons. The SMILES string of the molecule is CC[C@@H]1CCCCN1C(=O)c1cnc2nc(C)ccc2c1Nc1cc(OC)ccc1OC. The summed E-state index contributed by atoms with van der Waals surface area (Å²) in [5.74, 6) is 1.34. The van der Waals surface area contributed by atoms with Gasteiger partial charge in [-0.3, -0.25) is 4.79 Å². The number of likely N-dealkylation sites (tertiary alicyclic amines) is 1. The summed E-state index contributed by atoms with van der Waals surface area (Å²) in [7, 11) is 3.24. The van der Waals surface area contributed by atoms with Crippen LogP contribution in [0.25, 0.3) is 11.0 Å². The Kier molecular flexibility index (Phi) is 6.44.